The van der Waals surface area contributed by atoms with Gasteiger partial charge in [-0.1, -0.05) is 6.07 Å². The van der Waals surface area contributed by atoms with Crippen LogP contribution in [-0.2, 0) is 24.3 Å². The lowest BCUT2D eigenvalue weighted by atomic mass is 10.1. The van der Waals surface area contributed by atoms with Crippen LogP contribution in [-0.4, -0.2) is 62.4 Å². The Bertz CT molecular complexity index is 1190. The second-order valence-corrected chi connectivity index (χ2v) is 9.31. The van der Waals surface area contributed by atoms with Crippen LogP contribution in [0, 0.1) is 24.0 Å². The summed E-state index contributed by atoms with van der Waals surface area (Å²) in [4.78, 5) is 35.0. The second kappa shape index (κ2) is 10.1. The van der Waals surface area contributed by atoms with Crippen LogP contribution >= 0.6 is 0 Å². The van der Waals surface area contributed by atoms with Crippen molar-refractivity contribution in [3.05, 3.63) is 63.2 Å². The Morgan fingerprint density at radius 3 is 2.45 bits per heavy atom. The molecular weight excluding hydrogens is 454 g/mol. The second-order valence-electron chi connectivity index (χ2n) is 7.37. The molecule has 0 aliphatic carbocycles. The Hall–Kier alpha value is -3.35. The summed E-state index contributed by atoms with van der Waals surface area (Å²) in [5.41, 5.74) is 1.23. The highest BCUT2D eigenvalue weighted by atomic mass is 32.2. The number of aryl methyl sites for hydroxylation is 2. The fourth-order valence-electron chi connectivity index (χ4n) is 3.21. The third-order valence-electron chi connectivity index (χ3n) is 5.07. The van der Waals surface area contributed by atoms with E-state index in [0.717, 1.165) is 0 Å². The normalized spacial score (nSPS) is 14.5. The maximum Gasteiger partial charge on any atom is 0.338 e. The van der Waals surface area contributed by atoms with Crippen molar-refractivity contribution in [3.8, 4) is 0 Å². The third kappa shape index (κ3) is 5.72. The lowest BCUT2D eigenvalue weighted by molar-refractivity contribution is -0.384. The number of nitro groups is 1. The molecule has 1 amide bonds. The number of carbonyl (C=O) groups excluding carboxylic acids is 2. The van der Waals surface area contributed by atoms with Crippen LogP contribution in [0.3, 0.4) is 0 Å². The number of morpholine rings is 1. The number of hydrogen-bond acceptors (Lipinski definition) is 8. The highest BCUT2D eigenvalue weighted by Crippen LogP contribution is 2.22. The standard InChI is InChI=1S/C21H23N3O8S/c1-14-3-5-17(33(29,30)23-7-9-31-10-8-23)12-18(14)21(26)32-13-20(25)22-19-6-4-16(24(27)28)11-15(19)2/h3-6,11-12H,7-10,13H2,1-2H3,(H,22,25). The number of non-ortho nitro benzene ring substituents is 1. The van der Waals surface area contributed by atoms with Gasteiger partial charge < -0.3 is 14.8 Å². The number of esters is 1. The molecule has 0 radical (unpaired) electrons. The Labute approximate surface area is 190 Å². The molecule has 176 valence electrons. The molecule has 1 heterocycles. The molecule has 0 spiro atoms. The molecule has 0 unspecified atom stereocenters. The number of amides is 1. The average Bonchev–Trinajstić information content (AvgIpc) is 2.79. The van der Waals surface area contributed by atoms with Crippen molar-refractivity contribution in [1.82, 2.24) is 4.31 Å². The third-order valence-corrected chi connectivity index (χ3v) is 6.96. The largest absolute Gasteiger partial charge is 0.452 e. The quantitative estimate of drug-likeness (QED) is 0.362. The van der Waals surface area contributed by atoms with Gasteiger partial charge in [-0.05, 0) is 43.2 Å². The zero-order valence-electron chi connectivity index (χ0n) is 18.1. The van der Waals surface area contributed by atoms with Gasteiger partial charge in [-0.3, -0.25) is 14.9 Å². The minimum atomic E-state index is -3.80. The van der Waals surface area contributed by atoms with Crippen LogP contribution in [0.1, 0.15) is 21.5 Å². The number of hydrogen-bond donors (Lipinski definition) is 1. The lowest BCUT2D eigenvalue weighted by Crippen LogP contribution is -2.40. The van der Waals surface area contributed by atoms with E-state index in [9.17, 15) is 28.1 Å². The highest BCUT2D eigenvalue weighted by Gasteiger charge is 2.27. The Morgan fingerprint density at radius 1 is 1.12 bits per heavy atom. The summed E-state index contributed by atoms with van der Waals surface area (Å²) in [6.07, 6.45) is 0. The first-order valence-corrected chi connectivity index (χ1v) is 11.4. The Kier molecular flexibility index (Phi) is 7.41. The van der Waals surface area contributed by atoms with Gasteiger partial charge in [0.15, 0.2) is 6.61 Å². The molecule has 2 aromatic rings. The molecule has 3 rings (SSSR count). The minimum Gasteiger partial charge on any atom is -0.452 e. The smallest absolute Gasteiger partial charge is 0.338 e. The van der Waals surface area contributed by atoms with Gasteiger partial charge in [-0.2, -0.15) is 4.31 Å². The molecule has 2 aromatic carbocycles. The first-order valence-electron chi connectivity index (χ1n) is 10.00. The number of nitrogens with one attached hydrogen (secondary N) is 1. The van der Waals surface area contributed by atoms with E-state index in [1.807, 2.05) is 0 Å². The SMILES string of the molecule is Cc1cc([N+](=O)[O-])ccc1NC(=O)COC(=O)c1cc(S(=O)(=O)N2CCOCC2)ccc1C. The fraction of sp³-hybridized carbons (Fsp3) is 0.333. The van der Waals surface area contributed by atoms with Crippen molar-refractivity contribution in [3.63, 3.8) is 0 Å². The molecular formula is C21H23N3O8S. The zero-order valence-corrected chi connectivity index (χ0v) is 18.9. The van der Waals surface area contributed by atoms with Crippen molar-refractivity contribution in [2.75, 3.05) is 38.2 Å². The van der Waals surface area contributed by atoms with E-state index in [4.69, 9.17) is 9.47 Å². The number of benzene rings is 2. The molecule has 0 atom stereocenters. The molecule has 0 bridgehead atoms. The Balaban J connectivity index is 1.67. The number of anilines is 1. The number of rotatable bonds is 7. The van der Waals surface area contributed by atoms with E-state index in [1.54, 1.807) is 13.8 Å². The summed E-state index contributed by atoms with van der Waals surface area (Å²) >= 11 is 0. The monoisotopic (exact) mass is 477 g/mol. The lowest BCUT2D eigenvalue weighted by Gasteiger charge is -2.26. The maximum atomic E-state index is 12.9. The fourth-order valence-corrected chi connectivity index (χ4v) is 4.65. The average molecular weight is 477 g/mol. The predicted molar refractivity (Wildman–Crippen MR) is 118 cm³/mol. The molecule has 33 heavy (non-hydrogen) atoms. The van der Waals surface area contributed by atoms with E-state index in [2.05, 4.69) is 5.32 Å². The van der Waals surface area contributed by atoms with Gasteiger partial charge in [0.25, 0.3) is 11.6 Å². The molecule has 1 N–H and O–H groups in total. The van der Waals surface area contributed by atoms with Crippen LogP contribution in [0.5, 0.6) is 0 Å². The van der Waals surface area contributed by atoms with E-state index >= 15 is 0 Å². The maximum absolute atomic E-state index is 12.9. The number of sulfonamides is 1. The van der Waals surface area contributed by atoms with Crippen LogP contribution < -0.4 is 5.32 Å². The van der Waals surface area contributed by atoms with Crippen molar-refractivity contribution in [1.29, 1.82) is 0 Å². The predicted octanol–water partition coefficient (Wildman–Crippen LogP) is 2.03. The summed E-state index contributed by atoms with van der Waals surface area (Å²) in [6, 6.07) is 8.10. The molecule has 1 fully saturated rings. The van der Waals surface area contributed by atoms with Crippen molar-refractivity contribution in [2.45, 2.75) is 18.7 Å². The first kappa shape index (κ1) is 24.3. The minimum absolute atomic E-state index is 0.0312. The molecule has 1 aliphatic rings. The van der Waals surface area contributed by atoms with Gasteiger partial charge in [-0.25, -0.2) is 13.2 Å². The molecule has 1 saturated heterocycles. The molecule has 11 nitrogen and oxygen atoms in total. The van der Waals surface area contributed by atoms with Gasteiger partial charge in [0.1, 0.15) is 0 Å². The summed E-state index contributed by atoms with van der Waals surface area (Å²) in [6.45, 7) is 3.64. The van der Waals surface area contributed by atoms with Gasteiger partial charge in [0, 0.05) is 30.9 Å². The van der Waals surface area contributed by atoms with E-state index < -0.39 is 33.4 Å². The Morgan fingerprint density at radius 2 is 1.82 bits per heavy atom. The summed E-state index contributed by atoms with van der Waals surface area (Å²) in [5, 5.41) is 13.3. The highest BCUT2D eigenvalue weighted by molar-refractivity contribution is 7.89. The molecule has 0 aromatic heterocycles. The van der Waals surface area contributed by atoms with Gasteiger partial charge >= 0.3 is 5.97 Å². The van der Waals surface area contributed by atoms with Crippen LogP contribution in [0.25, 0.3) is 0 Å². The molecule has 0 saturated carbocycles. The number of nitrogens with zero attached hydrogens (tertiary/aromatic N) is 2. The van der Waals surface area contributed by atoms with Crippen molar-refractivity contribution < 1.29 is 32.4 Å². The first-order chi connectivity index (χ1) is 15.6. The number of carbonyl (C=O) groups is 2. The summed E-state index contributed by atoms with van der Waals surface area (Å²) < 4.78 is 37.2. The topological polar surface area (TPSA) is 145 Å². The van der Waals surface area contributed by atoms with Crippen LogP contribution in [0.15, 0.2) is 41.3 Å². The number of nitro benzene ring substituents is 1. The summed E-state index contributed by atoms with van der Waals surface area (Å²) in [5.74, 6) is -1.49. The summed E-state index contributed by atoms with van der Waals surface area (Å²) in [7, 11) is -3.80. The van der Waals surface area contributed by atoms with Gasteiger partial charge in [0.05, 0.1) is 28.6 Å². The van der Waals surface area contributed by atoms with Crippen molar-refractivity contribution >= 4 is 33.3 Å². The van der Waals surface area contributed by atoms with E-state index in [0.29, 0.717) is 30.0 Å². The van der Waals surface area contributed by atoms with Crippen LogP contribution in [0.4, 0.5) is 11.4 Å². The van der Waals surface area contributed by atoms with E-state index in [1.165, 1.54) is 40.7 Å². The molecule has 1 aliphatic heterocycles. The zero-order chi connectivity index (χ0) is 24.2. The van der Waals surface area contributed by atoms with Gasteiger partial charge in [-0.15, -0.1) is 0 Å². The van der Waals surface area contributed by atoms with Crippen LogP contribution in [0.2, 0.25) is 0 Å². The van der Waals surface area contributed by atoms with E-state index in [-0.39, 0.29) is 29.2 Å². The number of ether oxygens (including phenoxy) is 2. The van der Waals surface area contributed by atoms with Crippen molar-refractivity contribution in [2.24, 2.45) is 0 Å². The van der Waals surface area contributed by atoms with Gasteiger partial charge in [0.2, 0.25) is 10.0 Å². The molecule has 12 heteroatoms.